The molecule has 132 valence electrons. The van der Waals surface area contributed by atoms with E-state index in [1.165, 1.54) is 0 Å². The fourth-order valence-electron chi connectivity index (χ4n) is 2.68. The van der Waals surface area contributed by atoms with Gasteiger partial charge in [-0.2, -0.15) is 0 Å². The van der Waals surface area contributed by atoms with Gasteiger partial charge in [-0.1, -0.05) is 41.9 Å². The Bertz CT molecular complexity index is 903. The number of nitrogens with zero attached hydrogens (tertiary/aromatic N) is 1. The second-order valence-electron chi connectivity index (χ2n) is 6.16. The Kier molecular flexibility index (Phi) is 5.54. The van der Waals surface area contributed by atoms with E-state index in [2.05, 4.69) is 15.6 Å². The van der Waals surface area contributed by atoms with E-state index < -0.39 is 0 Å². The van der Waals surface area contributed by atoms with Gasteiger partial charge in [0.1, 0.15) is 0 Å². The van der Waals surface area contributed by atoms with E-state index in [9.17, 15) is 4.79 Å². The number of aryl methyl sites for hydroxylation is 2. The molecular formula is C21H20ClN3O. The third kappa shape index (κ3) is 4.41. The molecule has 4 nitrogen and oxygen atoms in total. The molecule has 0 aliphatic carbocycles. The van der Waals surface area contributed by atoms with Crippen LogP contribution in [0.5, 0.6) is 0 Å². The first-order valence-electron chi connectivity index (χ1n) is 8.34. The minimum atomic E-state index is -0.169. The molecule has 0 saturated heterocycles. The Balaban J connectivity index is 1.70. The standard InChI is InChI=1S/C21H20ClN3O/c1-14-4-3-5-15(2)20(14)25-19-10-17(12-23-13-19)21(26)24-11-16-6-8-18(22)9-7-16/h3-10,12-13,25H,11H2,1-2H3,(H,24,26). The van der Waals surface area contributed by atoms with E-state index in [0.717, 1.165) is 28.1 Å². The first-order chi connectivity index (χ1) is 12.5. The summed E-state index contributed by atoms with van der Waals surface area (Å²) in [5.74, 6) is -0.169. The van der Waals surface area contributed by atoms with Crippen molar-refractivity contribution >= 4 is 28.9 Å². The lowest BCUT2D eigenvalue weighted by Crippen LogP contribution is -2.23. The first kappa shape index (κ1) is 18.0. The van der Waals surface area contributed by atoms with Crippen LogP contribution in [0, 0.1) is 13.8 Å². The Morgan fingerprint density at radius 1 is 1.04 bits per heavy atom. The molecule has 0 spiro atoms. The predicted molar refractivity (Wildman–Crippen MR) is 106 cm³/mol. The molecule has 0 saturated carbocycles. The second-order valence-corrected chi connectivity index (χ2v) is 6.60. The Morgan fingerprint density at radius 3 is 2.42 bits per heavy atom. The summed E-state index contributed by atoms with van der Waals surface area (Å²) in [5.41, 5.74) is 5.59. The van der Waals surface area contributed by atoms with Gasteiger partial charge in [0.15, 0.2) is 0 Å². The van der Waals surface area contributed by atoms with Gasteiger partial charge in [0, 0.05) is 23.5 Å². The molecular weight excluding hydrogens is 346 g/mol. The number of nitrogens with one attached hydrogen (secondary N) is 2. The van der Waals surface area contributed by atoms with Crippen LogP contribution in [0.15, 0.2) is 60.9 Å². The van der Waals surface area contributed by atoms with Gasteiger partial charge in [0.2, 0.25) is 0 Å². The van der Waals surface area contributed by atoms with Crippen molar-refractivity contribution in [1.82, 2.24) is 10.3 Å². The number of anilines is 2. The molecule has 3 aromatic rings. The van der Waals surface area contributed by atoms with Crippen molar-refractivity contribution in [3.8, 4) is 0 Å². The van der Waals surface area contributed by atoms with Crippen LogP contribution in [0.25, 0.3) is 0 Å². The summed E-state index contributed by atoms with van der Waals surface area (Å²) in [7, 11) is 0. The van der Waals surface area contributed by atoms with Crippen LogP contribution in [0.3, 0.4) is 0 Å². The van der Waals surface area contributed by atoms with Gasteiger partial charge in [0.05, 0.1) is 17.4 Å². The molecule has 0 unspecified atom stereocenters. The van der Waals surface area contributed by atoms with Crippen LogP contribution < -0.4 is 10.6 Å². The molecule has 1 amide bonds. The molecule has 3 rings (SSSR count). The van der Waals surface area contributed by atoms with Crippen LogP contribution in [-0.2, 0) is 6.54 Å². The average Bonchev–Trinajstić information content (AvgIpc) is 2.64. The largest absolute Gasteiger partial charge is 0.354 e. The molecule has 0 aliphatic rings. The summed E-state index contributed by atoms with van der Waals surface area (Å²) in [5, 5.41) is 6.93. The van der Waals surface area contributed by atoms with Gasteiger partial charge in [-0.05, 0) is 48.7 Å². The second kappa shape index (κ2) is 8.02. The van der Waals surface area contributed by atoms with Crippen LogP contribution in [0.2, 0.25) is 5.02 Å². The molecule has 1 heterocycles. The lowest BCUT2D eigenvalue weighted by Gasteiger charge is -2.13. The molecule has 0 bridgehead atoms. The van der Waals surface area contributed by atoms with Crippen molar-refractivity contribution in [2.75, 3.05) is 5.32 Å². The highest BCUT2D eigenvalue weighted by Crippen LogP contribution is 2.24. The highest BCUT2D eigenvalue weighted by Gasteiger charge is 2.09. The maximum Gasteiger partial charge on any atom is 0.253 e. The maximum absolute atomic E-state index is 12.4. The predicted octanol–water partition coefficient (Wildman–Crippen LogP) is 5.03. The minimum absolute atomic E-state index is 0.169. The van der Waals surface area contributed by atoms with Crippen molar-refractivity contribution in [1.29, 1.82) is 0 Å². The van der Waals surface area contributed by atoms with Gasteiger partial charge in [-0.25, -0.2) is 0 Å². The number of para-hydroxylation sites is 1. The van der Waals surface area contributed by atoms with Crippen LogP contribution in [-0.4, -0.2) is 10.9 Å². The van der Waals surface area contributed by atoms with Crippen LogP contribution >= 0.6 is 11.6 Å². The zero-order valence-electron chi connectivity index (χ0n) is 14.7. The lowest BCUT2D eigenvalue weighted by molar-refractivity contribution is 0.0950. The normalized spacial score (nSPS) is 10.4. The van der Waals surface area contributed by atoms with E-state index in [1.54, 1.807) is 30.6 Å². The third-order valence-electron chi connectivity index (χ3n) is 4.12. The van der Waals surface area contributed by atoms with Crippen molar-refractivity contribution in [2.45, 2.75) is 20.4 Å². The summed E-state index contributed by atoms with van der Waals surface area (Å²) < 4.78 is 0. The average molecular weight is 366 g/mol. The number of rotatable bonds is 5. The van der Waals surface area contributed by atoms with E-state index >= 15 is 0 Å². The van der Waals surface area contributed by atoms with Crippen LogP contribution in [0.1, 0.15) is 27.0 Å². The molecule has 0 aliphatic heterocycles. The number of benzene rings is 2. The topological polar surface area (TPSA) is 54.0 Å². The Labute approximate surface area is 158 Å². The minimum Gasteiger partial charge on any atom is -0.354 e. The number of hydrogen-bond acceptors (Lipinski definition) is 3. The number of pyridine rings is 1. The van der Waals surface area contributed by atoms with E-state index in [4.69, 9.17) is 11.6 Å². The fourth-order valence-corrected chi connectivity index (χ4v) is 2.80. The molecule has 0 atom stereocenters. The summed E-state index contributed by atoms with van der Waals surface area (Å²) in [6.07, 6.45) is 3.27. The SMILES string of the molecule is Cc1cccc(C)c1Nc1cncc(C(=O)NCc2ccc(Cl)cc2)c1. The zero-order valence-corrected chi connectivity index (χ0v) is 15.5. The van der Waals surface area contributed by atoms with Gasteiger partial charge < -0.3 is 10.6 Å². The molecule has 0 fully saturated rings. The van der Waals surface area contributed by atoms with E-state index in [0.29, 0.717) is 17.1 Å². The van der Waals surface area contributed by atoms with Crippen molar-refractivity contribution in [3.05, 3.63) is 88.2 Å². The monoisotopic (exact) mass is 365 g/mol. The number of carbonyl (C=O) groups is 1. The summed E-state index contributed by atoms with van der Waals surface area (Å²) >= 11 is 5.87. The van der Waals surface area contributed by atoms with Crippen molar-refractivity contribution < 1.29 is 4.79 Å². The van der Waals surface area contributed by atoms with Gasteiger partial charge in [-0.3, -0.25) is 9.78 Å². The summed E-state index contributed by atoms with van der Waals surface area (Å²) in [4.78, 5) is 16.6. The Morgan fingerprint density at radius 2 is 1.73 bits per heavy atom. The smallest absolute Gasteiger partial charge is 0.253 e. The van der Waals surface area contributed by atoms with Crippen molar-refractivity contribution in [2.24, 2.45) is 0 Å². The van der Waals surface area contributed by atoms with Crippen LogP contribution in [0.4, 0.5) is 11.4 Å². The number of hydrogen-bond donors (Lipinski definition) is 2. The van der Waals surface area contributed by atoms with Crippen molar-refractivity contribution in [3.63, 3.8) is 0 Å². The quantitative estimate of drug-likeness (QED) is 0.667. The number of halogens is 1. The van der Waals surface area contributed by atoms with E-state index in [1.807, 2.05) is 44.2 Å². The molecule has 26 heavy (non-hydrogen) atoms. The van der Waals surface area contributed by atoms with E-state index in [-0.39, 0.29) is 5.91 Å². The molecule has 0 radical (unpaired) electrons. The summed E-state index contributed by atoms with van der Waals surface area (Å²) in [6.45, 7) is 4.53. The highest BCUT2D eigenvalue weighted by molar-refractivity contribution is 6.30. The number of aromatic nitrogens is 1. The molecule has 1 aromatic heterocycles. The summed E-state index contributed by atoms with van der Waals surface area (Å²) in [6, 6.07) is 15.3. The Hall–Kier alpha value is -2.85. The van der Waals surface area contributed by atoms with Gasteiger partial charge >= 0.3 is 0 Å². The highest BCUT2D eigenvalue weighted by atomic mass is 35.5. The number of carbonyl (C=O) groups excluding carboxylic acids is 1. The number of amides is 1. The molecule has 2 aromatic carbocycles. The fraction of sp³-hybridized carbons (Fsp3) is 0.143. The zero-order chi connectivity index (χ0) is 18.5. The van der Waals surface area contributed by atoms with Gasteiger partial charge in [0.25, 0.3) is 5.91 Å². The third-order valence-corrected chi connectivity index (χ3v) is 4.37. The molecule has 5 heteroatoms. The maximum atomic E-state index is 12.4. The lowest BCUT2D eigenvalue weighted by atomic mass is 10.1. The molecule has 2 N–H and O–H groups in total. The van der Waals surface area contributed by atoms with Gasteiger partial charge in [-0.15, -0.1) is 0 Å². The first-order valence-corrected chi connectivity index (χ1v) is 8.71.